The first-order chi connectivity index (χ1) is 15.3. The van der Waals surface area contributed by atoms with Gasteiger partial charge < -0.3 is 20.1 Å². The molecule has 3 fully saturated rings. The van der Waals surface area contributed by atoms with E-state index in [1.54, 1.807) is 17.7 Å². The number of benzene rings is 1. The van der Waals surface area contributed by atoms with E-state index >= 15 is 0 Å². The van der Waals surface area contributed by atoms with Crippen LogP contribution in [0.4, 0.5) is 11.4 Å². The molecule has 2 aliphatic carbocycles. The maximum atomic E-state index is 12.8. The Kier molecular flexibility index (Phi) is 5.68. The van der Waals surface area contributed by atoms with Gasteiger partial charge in [-0.25, -0.2) is 0 Å². The Morgan fingerprint density at radius 1 is 1.22 bits per heavy atom. The number of piperazine rings is 1. The van der Waals surface area contributed by atoms with E-state index in [9.17, 15) is 10.0 Å². The first-order valence-electron chi connectivity index (χ1n) is 12.0. The number of ether oxygens (including phenoxy) is 1. The normalized spacial score (nSPS) is 35.1. The van der Waals surface area contributed by atoms with Gasteiger partial charge in [-0.2, -0.15) is 0 Å². The second-order valence-corrected chi connectivity index (χ2v) is 10.4. The average Bonchev–Trinajstić information content (AvgIpc) is 3.06. The molecule has 7 nitrogen and oxygen atoms in total. The second-order valence-electron chi connectivity index (χ2n) is 10.4. The molecule has 0 spiro atoms. The van der Waals surface area contributed by atoms with Crippen molar-refractivity contribution < 1.29 is 14.7 Å². The lowest BCUT2D eigenvalue weighted by Crippen LogP contribution is -2.49. The largest absolute Gasteiger partial charge is 0.733 e. The number of carbonyl (C=O) groups excluding carboxylic acids is 1. The van der Waals surface area contributed by atoms with Gasteiger partial charge in [-0.3, -0.25) is 14.9 Å². The number of esters is 1. The SMILES string of the molecule is C[C@H]1CCC[C@]2(C)C[C@H]3OC(=O)C(CN4CCN(c5ccc(N([O-])O)cc5)CC4)[C@H]3C=C12. The minimum Gasteiger partial charge on any atom is -0.733 e. The van der Waals surface area contributed by atoms with Crippen LogP contribution in [-0.4, -0.2) is 54.9 Å². The average molecular weight is 441 g/mol. The monoisotopic (exact) mass is 440 g/mol. The molecular formula is C25H34N3O4-. The van der Waals surface area contributed by atoms with Gasteiger partial charge in [-0.05, 0) is 54.9 Å². The smallest absolute Gasteiger partial charge is 0.311 e. The Morgan fingerprint density at radius 3 is 2.62 bits per heavy atom. The summed E-state index contributed by atoms with van der Waals surface area (Å²) in [7, 11) is 0. The van der Waals surface area contributed by atoms with Crippen molar-refractivity contribution >= 4 is 17.3 Å². The third kappa shape index (κ3) is 3.91. The predicted octanol–water partition coefficient (Wildman–Crippen LogP) is 3.82. The summed E-state index contributed by atoms with van der Waals surface area (Å²) in [6, 6.07) is 6.98. The van der Waals surface area contributed by atoms with Crippen molar-refractivity contribution in [1.82, 2.24) is 4.90 Å². The minimum atomic E-state index is -0.118. The molecule has 32 heavy (non-hydrogen) atoms. The molecule has 5 rings (SSSR count). The summed E-state index contributed by atoms with van der Waals surface area (Å²) >= 11 is 0. The predicted molar refractivity (Wildman–Crippen MR) is 123 cm³/mol. The van der Waals surface area contributed by atoms with Crippen LogP contribution in [0.3, 0.4) is 0 Å². The Morgan fingerprint density at radius 2 is 1.94 bits per heavy atom. The van der Waals surface area contributed by atoms with Gasteiger partial charge in [-0.15, -0.1) is 0 Å². The lowest BCUT2D eigenvalue weighted by molar-refractivity contribution is -0.145. The van der Waals surface area contributed by atoms with E-state index in [1.807, 2.05) is 12.1 Å². The molecule has 1 aromatic carbocycles. The van der Waals surface area contributed by atoms with Crippen LogP contribution in [0.2, 0.25) is 0 Å². The fourth-order valence-electron chi connectivity index (χ4n) is 6.52. The van der Waals surface area contributed by atoms with E-state index in [-0.39, 0.29) is 40.2 Å². The Balaban J connectivity index is 1.23. The molecule has 0 amide bonds. The third-order valence-corrected chi connectivity index (χ3v) is 8.34. The molecule has 1 unspecified atom stereocenters. The summed E-state index contributed by atoms with van der Waals surface area (Å²) in [5.74, 6) is 0.742. The molecule has 0 aromatic heterocycles. The van der Waals surface area contributed by atoms with E-state index in [4.69, 9.17) is 9.94 Å². The number of hydrogen-bond donors (Lipinski definition) is 1. The molecule has 2 heterocycles. The third-order valence-electron chi connectivity index (χ3n) is 8.34. The number of carbonyl (C=O) groups is 1. The van der Waals surface area contributed by atoms with E-state index in [0.29, 0.717) is 5.92 Å². The zero-order valence-electron chi connectivity index (χ0n) is 19.1. The van der Waals surface area contributed by atoms with Gasteiger partial charge in [0.15, 0.2) is 0 Å². The van der Waals surface area contributed by atoms with Crippen molar-refractivity contribution in [3.8, 4) is 0 Å². The highest BCUT2D eigenvalue weighted by molar-refractivity contribution is 5.76. The molecule has 7 heteroatoms. The molecule has 4 aliphatic rings. The number of hydrogen-bond acceptors (Lipinski definition) is 7. The van der Waals surface area contributed by atoms with Crippen LogP contribution in [0.5, 0.6) is 0 Å². The van der Waals surface area contributed by atoms with Crippen LogP contribution < -0.4 is 10.1 Å². The number of anilines is 2. The highest BCUT2D eigenvalue weighted by Crippen LogP contribution is 2.54. The Bertz CT molecular complexity index is 878. The van der Waals surface area contributed by atoms with Crippen LogP contribution >= 0.6 is 0 Å². The van der Waals surface area contributed by atoms with E-state index in [1.165, 1.54) is 19.3 Å². The van der Waals surface area contributed by atoms with Crippen molar-refractivity contribution in [1.29, 1.82) is 0 Å². The van der Waals surface area contributed by atoms with Gasteiger partial charge in [0, 0.05) is 44.3 Å². The molecule has 1 N–H and O–H groups in total. The first-order valence-corrected chi connectivity index (χ1v) is 12.0. The molecule has 0 radical (unpaired) electrons. The highest BCUT2D eigenvalue weighted by Gasteiger charge is 2.52. The van der Waals surface area contributed by atoms with E-state index in [0.717, 1.165) is 44.8 Å². The van der Waals surface area contributed by atoms with Crippen LogP contribution in [0.25, 0.3) is 0 Å². The van der Waals surface area contributed by atoms with Crippen LogP contribution in [0, 0.1) is 28.4 Å². The molecule has 1 aromatic rings. The maximum absolute atomic E-state index is 12.8. The topological polar surface area (TPSA) is 79.3 Å². The number of rotatable bonds is 4. The molecule has 2 saturated heterocycles. The Labute approximate surface area is 190 Å². The van der Waals surface area contributed by atoms with E-state index < -0.39 is 0 Å². The maximum Gasteiger partial charge on any atom is 0.311 e. The van der Waals surface area contributed by atoms with Crippen molar-refractivity contribution in [2.45, 2.75) is 45.6 Å². The molecule has 1 saturated carbocycles. The van der Waals surface area contributed by atoms with Gasteiger partial charge in [0.2, 0.25) is 0 Å². The van der Waals surface area contributed by atoms with Crippen LogP contribution in [0.1, 0.15) is 39.5 Å². The van der Waals surface area contributed by atoms with Gasteiger partial charge in [0.05, 0.1) is 11.6 Å². The minimum absolute atomic E-state index is 0.0176. The summed E-state index contributed by atoms with van der Waals surface area (Å²) < 4.78 is 5.92. The van der Waals surface area contributed by atoms with Crippen molar-refractivity contribution in [3.63, 3.8) is 0 Å². The zero-order chi connectivity index (χ0) is 22.5. The molecule has 174 valence electrons. The number of nitrogens with zero attached hydrogens (tertiary/aromatic N) is 3. The standard InChI is InChI=1S/C25H34N3O4/c1-17-4-3-9-25(2)15-23-20(14-22(17)25)21(24(29)32-23)16-26-10-12-27(13-11-26)18-5-7-19(8-6-18)28(30)31/h5-8,14,17,20-21,23,30H,3-4,9-13,15-16H2,1-2H3/q-1/t17-,20+,21?,23+,25+/m0/s1. The number of fused-ring (bicyclic) bond motifs is 2. The van der Waals surface area contributed by atoms with Crippen molar-refractivity contribution in [2.75, 3.05) is 42.9 Å². The molecule has 2 aliphatic heterocycles. The molecular weight excluding hydrogens is 406 g/mol. The summed E-state index contributed by atoms with van der Waals surface area (Å²) in [6.07, 6.45) is 7.19. The van der Waals surface area contributed by atoms with Crippen molar-refractivity contribution in [3.05, 3.63) is 41.1 Å². The van der Waals surface area contributed by atoms with Crippen LogP contribution in [-0.2, 0) is 9.53 Å². The highest BCUT2D eigenvalue weighted by atomic mass is 16.8. The quantitative estimate of drug-likeness (QED) is 0.433. The summed E-state index contributed by atoms with van der Waals surface area (Å²) in [5, 5.41) is 19.9. The van der Waals surface area contributed by atoms with Gasteiger partial charge in [0.1, 0.15) is 6.10 Å². The van der Waals surface area contributed by atoms with Gasteiger partial charge in [0.25, 0.3) is 0 Å². The summed E-state index contributed by atoms with van der Waals surface area (Å²) in [6.45, 7) is 8.99. The van der Waals surface area contributed by atoms with Crippen LogP contribution in [0.15, 0.2) is 35.9 Å². The molecule has 5 atom stereocenters. The fourth-order valence-corrected chi connectivity index (χ4v) is 6.52. The lowest BCUT2D eigenvalue weighted by Gasteiger charge is -2.46. The van der Waals surface area contributed by atoms with Crippen molar-refractivity contribution in [2.24, 2.45) is 23.2 Å². The zero-order valence-corrected chi connectivity index (χ0v) is 19.1. The fraction of sp³-hybridized carbons (Fsp3) is 0.640. The van der Waals surface area contributed by atoms with E-state index in [2.05, 4.69) is 29.7 Å². The summed E-state index contributed by atoms with van der Waals surface area (Å²) in [5.41, 5.74) is 3.04. The van der Waals surface area contributed by atoms with Gasteiger partial charge >= 0.3 is 5.97 Å². The lowest BCUT2D eigenvalue weighted by atomic mass is 9.59. The summed E-state index contributed by atoms with van der Waals surface area (Å²) in [4.78, 5) is 17.5. The van der Waals surface area contributed by atoms with Gasteiger partial charge in [-0.1, -0.05) is 31.9 Å². The number of allylic oxidation sites excluding steroid dienone is 1. The second kappa shape index (κ2) is 8.36. The molecule has 0 bridgehead atoms. The Hall–Kier alpha value is -2.09. The first kappa shape index (κ1) is 21.7.